The van der Waals surface area contributed by atoms with Gasteiger partial charge in [0.05, 0.1) is 10.5 Å². The van der Waals surface area contributed by atoms with Gasteiger partial charge in [-0.15, -0.1) is 11.8 Å². The number of pyridine rings is 1. The summed E-state index contributed by atoms with van der Waals surface area (Å²) in [6, 6.07) is 6.19. The van der Waals surface area contributed by atoms with Gasteiger partial charge in [-0.05, 0) is 36.6 Å². The molecule has 3 heteroatoms. The maximum Gasteiger partial charge on any atom is 0.1000 e. The Labute approximate surface area is 97.8 Å². The molecule has 1 aromatic heterocycles. The average molecular weight is 236 g/mol. The Kier molecular flexibility index (Phi) is 2.15. The first-order chi connectivity index (χ1) is 7.25. The number of halogens is 1. The van der Waals surface area contributed by atoms with Gasteiger partial charge in [0, 0.05) is 16.2 Å². The molecule has 0 radical (unpaired) electrons. The van der Waals surface area contributed by atoms with E-state index < -0.39 is 0 Å². The minimum absolute atomic E-state index is 0.808. The number of benzene rings is 1. The summed E-state index contributed by atoms with van der Waals surface area (Å²) in [6.45, 7) is 2.08. The van der Waals surface area contributed by atoms with Crippen LogP contribution < -0.4 is 0 Å². The molecule has 0 amide bonds. The molecule has 2 aromatic rings. The highest BCUT2D eigenvalue weighted by atomic mass is 35.5. The summed E-state index contributed by atoms with van der Waals surface area (Å²) in [5, 5.41) is 3.09. The number of fused-ring (bicyclic) bond motifs is 2. The van der Waals surface area contributed by atoms with Gasteiger partial charge in [0.2, 0.25) is 0 Å². The SMILES string of the molecule is Cc1ccc(Cl)c2cc3c(nc12)SCC3. The second-order valence-corrected chi connectivity index (χ2v) is 5.30. The van der Waals surface area contributed by atoms with Crippen LogP contribution in [0, 0.1) is 6.92 Å². The van der Waals surface area contributed by atoms with Crippen LogP contribution in [0.15, 0.2) is 23.2 Å². The second-order valence-electron chi connectivity index (χ2n) is 3.81. The molecule has 1 aliphatic rings. The third-order valence-corrected chi connectivity index (χ3v) is 4.15. The lowest BCUT2D eigenvalue weighted by Gasteiger charge is -2.06. The Morgan fingerprint density at radius 1 is 1.40 bits per heavy atom. The summed E-state index contributed by atoms with van der Waals surface area (Å²) in [6.07, 6.45) is 1.12. The van der Waals surface area contributed by atoms with Crippen LogP contribution in [0.25, 0.3) is 10.9 Å². The minimum atomic E-state index is 0.808. The average Bonchev–Trinajstić information content (AvgIpc) is 2.69. The van der Waals surface area contributed by atoms with E-state index in [2.05, 4.69) is 13.0 Å². The lowest BCUT2D eigenvalue weighted by Crippen LogP contribution is -1.89. The number of aromatic nitrogens is 1. The maximum absolute atomic E-state index is 6.18. The topological polar surface area (TPSA) is 12.9 Å². The quantitative estimate of drug-likeness (QED) is 0.688. The fourth-order valence-electron chi connectivity index (χ4n) is 1.95. The predicted octanol–water partition coefficient (Wildman–Crippen LogP) is 3.84. The summed E-state index contributed by atoms with van der Waals surface area (Å²) >= 11 is 8.03. The zero-order chi connectivity index (χ0) is 10.4. The van der Waals surface area contributed by atoms with Crippen LogP contribution in [-0.2, 0) is 6.42 Å². The van der Waals surface area contributed by atoms with Crippen molar-refractivity contribution in [3.8, 4) is 0 Å². The largest absolute Gasteiger partial charge is 0.241 e. The predicted molar refractivity (Wildman–Crippen MR) is 65.9 cm³/mol. The highest BCUT2D eigenvalue weighted by Crippen LogP contribution is 2.34. The van der Waals surface area contributed by atoms with E-state index in [9.17, 15) is 0 Å². The molecular formula is C12H10ClNS. The van der Waals surface area contributed by atoms with Crippen molar-refractivity contribution in [1.29, 1.82) is 0 Å². The van der Waals surface area contributed by atoms with E-state index in [1.807, 2.05) is 23.9 Å². The molecule has 1 nitrogen and oxygen atoms in total. The zero-order valence-electron chi connectivity index (χ0n) is 8.38. The fraction of sp³-hybridized carbons (Fsp3) is 0.250. The first-order valence-electron chi connectivity index (χ1n) is 4.97. The van der Waals surface area contributed by atoms with Crippen molar-refractivity contribution < 1.29 is 0 Å². The number of rotatable bonds is 0. The van der Waals surface area contributed by atoms with E-state index in [1.165, 1.54) is 16.2 Å². The van der Waals surface area contributed by atoms with Gasteiger partial charge in [-0.2, -0.15) is 0 Å². The molecule has 0 aliphatic carbocycles. The summed E-state index contributed by atoms with van der Waals surface area (Å²) < 4.78 is 0. The smallest absolute Gasteiger partial charge is 0.1000 e. The van der Waals surface area contributed by atoms with E-state index in [0.717, 1.165) is 28.1 Å². The van der Waals surface area contributed by atoms with E-state index in [-0.39, 0.29) is 0 Å². The Bertz CT molecular complexity index is 502. The molecule has 0 unspecified atom stereocenters. The number of hydrogen-bond donors (Lipinski definition) is 0. The first-order valence-corrected chi connectivity index (χ1v) is 6.33. The molecule has 0 spiro atoms. The Morgan fingerprint density at radius 3 is 3.13 bits per heavy atom. The van der Waals surface area contributed by atoms with E-state index >= 15 is 0 Å². The van der Waals surface area contributed by atoms with Gasteiger partial charge in [-0.3, -0.25) is 0 Å². The van der Waals surface area contributed by atoms with Crippen LogP contribution in [0.1, 0.15) is 11.1 Å². The van der Waals surface area contributed by atoms with E-state index in [4.69, 9.17) is 16.6 Å². The van der Waals surface area contributed by atoms with Gasteiger partial charge in [-0.25, -0.2) is 4.98 Å². The fourth-order valence-corrected chi connectivity index (χ4v) is 3.17. The lowest BCUT2D eigenvalue weighted by atomic mass is 10.1. The molecule has 2 heterocycles. The third kappa shape index (κ3) is 1.44. The highest BCUT2D eigenvalue weighted by molar-refractivity contribution is 7.99. The van der Waals surface area contributed by atoms with Gasteiger partial charge >= 0.3 is 0 Å². The highest BCUT2D eigenvalue weighted by Gasteiger charge is 2.15. The maximum atomic E-state index is 6.18. The third-order valence-electron chi connectivity index (χ3n) is 2.78. The standard InChI is InChI=1S/C12H10ClNS/c1-7-2-3-10(13)9-6-8-4-5-15-12(8)14-11(7)9/h2-3,6H,4-5H2,1H3. The second kappa shape index (κ2) is 3.39. The molecule has 0 saturated heterocycles. The zero-order valence-corrected chi connectivity index (χ0v) is 9.95. The molecule has 1 aliphatic heterocycles. The van der Waals surface area contributed by atoms with Crippen molar-refractivity contribution in [2.24, 2.45) is 0 Å². The van der Waals surface area contributed by atoms with Crippen LogP contribution in [0.5, 0.6) is 0 Å². The normalized spacial score (nSPS) is 14.5. The van der Waals surface area contributed by atoms with Gasteiger partial charge in [0.25, 0.3) is 0 Å². The number of hydrogen-bond acceptors (Lipinski definition) is 2. The van der Waals surface area contributed by atoms with Crippen molar-refractivity contribution in [1.82, 2.24) is 4.98 Å². The molecule has 0 bridgehead atoms. The molecule has 15 heavy (non-hydrogen) atoms. The molecule has 3 rings (SSSR count). The minimum Gasteiger partial charge on any atom is -0.241 e. The monoisotopic (exact) mass is 235 g/mol. The van der Waals surface area contributed by atoms with Crippen molar-refractivity contribution in [3.63, 3.8) is 0 Å². The number of nitrogens with zero attached hydrogens (tertiary/aromatic N) is 1. The molecule has 1 aromatic carbocycles. The lowest BCUT2D eigenvalue weighted by molar-refractivity contribution is 1.07. The van der Waals surface area contributed by atoms with Crippen LogP contribution in [0.2, 0.25) is 5.02 Å². The van der Waals surface area contributed by atoms with Crippen molar-refractivity contribution in [2.45, 2.75) is 18.4 Å². The van der Waals surface area contributed by atoms with Crippen LogP contribution in [-0.4, -0.2) is 10.7 Å². The molecule has 0 saturated carbocycles. The van der Waals surface area contributed by atoms with Gasteiger partial charge < -0.3 is 0 Å². The molecular weight excluding hydrogens is 226 g/mol. The Morgan fingerprint density at radius 2 is 2.27 bits per heavy atom. The van der Waals surface area contributed by atoms with Crippen molar-refractivity contribution >= 4 is 34.3 Å². The van der Waals surface area contributed by atoms with E-state index in [1.54, 1.807) is 0 Å². The van der Waals surface area contributed by atoms with Gasteiger partial charge in [0.1, 0.15) is 0 Å². The Hall–Kier alpha value is -0.730. The molecule has 76 valence electrons. The molecule has 0 fully saturated rings. The van der Waals surface area contributed by atoms with Crippen molar-refractivity contribution in [3.05, 3.63) is 34.3 Å². The van der Waals surface area contributed by atoms with Crippen molar-refractivity contribution in [2.75, 3.05) is 5.75 Å². The summed E-state index contributed by atoms with van der Waals surface area (Å²) in [5.41, 5.74) is 3.60. The van der Waals surface area contributed by atoms with Crippen LogP contribution in [0.3, 0.4) is 0 Å². The summed E-state index contributed by atoms with van der Waals surface area (Å²) in [4.78, 5) is 4.69. The van der Waals surface area contributed by atoms with Crippen LogP contribution in [0.4, 0.5) is 0 Å². The van der Waals surface area contributed by atoms with Gasteiger partial charge in [0.15, 0.2) is 0 Å². The first kappa shape index (κ1) is 9.49. The van der Waals surface area contributed by atoms with Crippen LogP contribution >= 0.6 is 23.4 Å². The summed E-state index contributed by atoms with van der Waals surface area (Å²) in [5.74, 6) is 1.15. The van der Waals surface area contributed by atoms with E-state index in [0.29, 0.717) is 0 Å². The molecule has 0 N–H and O–H groups in total. The molecule has 0 atom stereocenters. The number of aryl methyl sites for hydroxylation is 2. The number of thioether (sulfide) groups is 1. The Balaban J connectivity index is 2.42. The van der Waals surface area contributed by atoms with Gasteiger partial charge in [-0.1, -0.05) is 17.7 Å². The summed E-state index contributed by atoms with van der Waals surface area (Å²) in [7, 11) is 0.